The molecule has 164 valence electrons. The van der Waals surface area contributed by atoms with E-state index >= 15 is 0 Å². The van der Waals surface area contributed by atoms with E-state index in [1.165, 1.54) is 12.1 Å². The van der Waals surface area contributed by atoms with E-state index in [1.807, 2.05) is 13.8 Å². The third-order valence-corrected chi connectivity index (χ3v) is 5.33. The van der Waals surface area contributed by atoms with Crippen LogP contribution >= 0.6 is 0 Å². The first-order valence-corrected chi connectivity index (χ1v) is 10.0. The van der Waals surface area contributed by atoms with E-state index in [-0.39, 0.29) is 18.1 Å². The van der Waals surface area contributed by atoms with E-state index in [1.54, 1.807) is 19.1 Å². The van der Waals surface area contributed by atoms with Gasteiger partial charge in [-0.15, -0.1) is 0 Å². The summed E-state index contributed by atoms with van der Waals surface area (Å²) in [4.78, 5) is 48.7. The minimum Gasteiger partial charge on any atom is -0.480 e. The molecule has 7 heteroatoms. The Morgan fingerprint density at radius 1 is 1.10 bits per heavy atom. The number of unbranched alkanes of at least 4 members (excludes halogenated alkanes) is 1. The lowest BCUT2D eigenvalue weighted by Gasteiger charge is -2.29. The quantitative estimate of drug-likeness (QED) is 0.285. The molecule has 1 aromatic rings. The van der Waals surface area contributed by atoms with Crippen molar-refractivity contribution >= 4 is 23.7 Å². The number of hydrogen-bond donors (Lipinski definition) is 2. The fourth-order valence-corrected chi connectivity index (χ4v) is 3.22. The molecule has 0 heterocycles. The van der Waals surface area contributed by atoms with Gasteiger partial charge in [0.1, 0.15) is 5.41 Å². The third kappa shape index (κ3) is 6.02. The molecule has 1 rings (SSSR count). The second kappa shape index (κ2) is 11.3. The van der Waals surface area contributed by atoms with Crippen molar-refractivity contribution in [1.82, 2.24) is 0 Å². The zero-order chi connectivity index (χ0) is 22.9. The van der Waals surface area contributed by atoms with Crippen LogP contribution in [-0.4, -0.2) is 40.5 Å². The van der Waals surface area contributed by atoms with Crippen molar-refractivity contribution in [3.05, 3.63) is 47.5 Å². The number of rotatable bonds is 13. The van der Waals surface area contributed by atoms with Crippen molar-refractivity contribution < 1.29 is 34.1 Å². The number of carbonyl (C=O) groups is 4. The second-order valence-corrected chi connectivity index (χ2v) is 7.48. The lowest BCUT2D eigenvalue weighted by Crippen LogP contribution is -2.43. The predicted molar refractivity (Wildman–Crippen MR) is 111 cm³/mol. The predicted octanol–water partition coefficient (Wildman–Crippen LogP) is 3.68. The summed E-state index contributed by atoms with van der Waals surface area (Å²) in [7, 11) is 0. The van der Waals surface area contributed by atoms with Crippen molar-refractivity contribution in [1.29, 1.82) is 0 Å². The zero-order valence-electron chi connectivity index (χ0n) is 17.8. The molecule has 0 amide bonds. The molecule has 0 spiro atoms. The molecule has 0 saturated heterocycles. The summed E-state index contributed by atoms with van der Waals surface area (Å²) >= 11 is 0. The Morgan fingerprint density at radius 2 is 1.70 bits per heavy atom. The first-order chi connectivity index (χ1) is 14.1. The average molecular weight is 418 g/mol. The summed E-state index contributed by atoms with van der Waals surface area (Å²) in [6.07, 6.45) is 2.71. The molecule has 0 aliphatic carbocycles. The molecular formula is C23H30O7. The first-order valence-electron chi connectivity index (χ1n) is 10.0. The monoisotopic (exact) mass is 418 g/mol. The minimum absolute atomic E-state index is 0.0588. The highest BCUT2D eigenvalue weighted by molar-refractivity contribution is 6.34. The topological polar surface area (TPSA) is 118 Å². The van der Waals surface area contributed by atoms with E-state index in [0.717, 1.165) is 31.2 Å². The van der Waals surface area contributed by atoms with Gasteiger partial charge in [-0.3, -0.25) is 9.59 Å². The fraction of sp³-hybridized carbons (Fsp3) is 0.478. The van der Waals surface area contributed by atoms with Crippen molar-refractivity contribution in [2.45, 2.75) is 58.3 Å². The van der Waals surface area contributed by atoms with Crippen LogP contribution in [0.25, 0.3) is 0 Å². The molecule has 2 N–H and O–H groups in total. The van der Waals surface area contributed by atoms with Crippen LogP contribution in [0.15, 0.2) is 36.4 Å². The fourth-order valence-electron chi connectivity index (χ4n) is 3.22. The number of aryl methyl sites for hydroxylation is 1. The molecule has 2 unspecified atom stereocenters. The van der Waals surface area contributed by atoms with Crippen LogP contribution in [-0.2, 0) is 29.3 Å². The Balaban J connectivity index is 3.14. The van der Waals surface area contributed by atoms with Crippen molar-refractivity contribution in [2.24, 2.45) is 5.92 Å². The number of Topliss-reactive ketones (excluding diaryl/α,β-unsaturated/α-hetero) is 1. The number of carboxylic acid groups (broad SMARTS) is 2. The molecule has 0 radical (unpaired) electrons. The molecule has 0 aromatic heterocycles. The van der Waals surface area contributed by atoms with E-state index in [4.69, 9.17) is 4.74 Å². The summed E-state index contributed by atoms with van der Waals surface area (Å²) < 4.78 is 5.12. The highest BCUT2D eigenvalue weighted by atomic mass is 16.5. The minimum atomic E-state index is -2.28. The molecule has 30 heavy (non-hydrogen) atoms. The Labute approximate surface area is 176 Å². The largest absolute Gasteiger partial charge is 0.480 e. The lowest BCUT2D eigenvalue weighted by atomic mass is 9.71. The van der Waals surface area contributed by atoms with Gasteiger partial charge in [-0.25, -0.2) is 9.59 Å². The molecule has 1 aromatic carbocycles. The molecule has 0 aliphatic heterocycles. The van der Waals surface area contributed by atoms with Crippen molar-refractivity contribution in [3.8, 4) is 0 Å². The van der Waals surface area contributed by atoms with E-state index in [9.17, 15) is 29.4 Å². The highest BCUT2D eigenvalue weighted by Crippen LogP contribution is 2.36. The molecule has 0 bridgehead atoms. The van der Waals surface area contributed by atoms with Gasteiger partial charge in [0, 0.05) is 6.42 Å². The van der Waals surface area contributed by atoms with Gasteiger partial charge in [0.05, 0.1) is 12.2 Å². The average Bonchev–Trinajstić information content (AvgIpc) is 2.71. The summed E-state index contributed by atoms with van der Waals surface area (Å²) in [6.45, 7) is 9.25. The summed E-state index contributed by atoms with van der Waals surface area (Å²) in [5.74, 6) is -5.30. The summed E-state index contributed by atoms with van der Waals surface area (Å²) in [6, 6.07) is 6.05. The van der Waals surface area contributed by atoms with Crippen LogP contribution in [0.3, 0.4) is 0 Å². The number of carbonyl (C=O) groups excluding carboxylic acids is 2. The maximum Gasteiger partial charge on any atom is 0.374 e. The van der Waals surface area contributed by atoms with Crippen molar-refractivity contribution in [3.63, 3.8) is 0 Å². The van der Waals surface area contributed by atoms with Gasteiger partial charge in [0.15, 0.2) is 0 Å². The van der Waals surface area contributed by atoms with Crippen LogP contribution in [0.5, 0.6) is 0 Å². The SMILES string of the molecule is C=C(C(=O)O)C(CC(=O)C(=O)OCC(CC)CCCC)(C(=O)O)c1ccc(C)cc1. The molecule has 0 aliphatic rings. The van der Waals surface area contributed by atoms with E-state index < -0.39 is 41.1 Å². The number of esters is 1. The lowest BCUT2D eigenvalue weighted by molar-refractivity contribution is -0.157. The Morgan fingerprint density at radius 3 is 2.17 bits per heavy atom. The van der Waals surface area contributed by atoms with Gasteiger partial charge >= 0.3 is 17.9 Å². The number of benzene rings is 1. The smallest absolute Gasteiger partial charge is 0.374 e. The van der Waals surface area contributed by atoms with Gasteiger partial charge in [-0.2, -0.15) is 0 Å². The Hall–Kier alpha value is -2.96. The highest BCUT2D eigenvalue weighted by Gasteiger charge is 2.49. The number of hydrogen-bond acceptors (Lipinski definition) is 5. The van der Waals surface area contributed by atoms with Gasteiger partial charge < -0.3 is 14.9 Å². The van der Waals surface area contributed by atoms with E-state index in [0.29, 0.717) is 0 Å². The maximum atomic E-state index is 12.6. The van der Waals surface area contributed by atoms with Crippen LogP contribution in [0.2, 0.25) is 0 Å². The van der Waals surface area contributed by atoms with Gasteiger partial charge in [0.2, 0.25) is 5.78 Å². The summed E-state index contributed by atoms with van der Waals surface area (Å²) in [5, 5.41) is 19.4. The number of aliphatic carboxylic acids is 2. The summed E-state index contributed by atoms with van der Waals surface area (Å²) in [5.41, 5.74) is -2.09. The number of ether oxygens (including phenoxy) is 1. The second-order valence-electron chi connectivity index (χ2n) is 7.48. The van der Waals surface area contributed by atoms with Crippen LogP contribution in [0.4, 0.5) is 0 Å². The van der Waals surface area contributed by atoms with Gasteiger partial charge in [-0.1, -0.05) is 69.5 Å². The number of ketones is 1. The van der Waals surface area contributed by atoms with E-state index in [2.05, 4.69) is 6.58 Å². The van der Waals surface area contributed by atoms with Gasteiger partial charge in [0.25, 0.3) is 0 Å². The van der Waals surface area contributed by atoms with Crippen molar-refractivity contribution in [2.75, 3.05) is 6.61 Å². The molecule has 0 saturated carbocycles. The van der Waals surface area contributed by atoms with Crippen LogP contribution in [0, 0.1) is 12.8 Å². The molecular weight excluding hydrogens is 388 g/mol. The molecule has 7 nitrogen and oxygen atoms in total. The first kappa shape index (κ1) is 25.1. The zero-order valence-corrected chi connectivity index (χ0v) is 17.8. The Kier molecular flexibility index (Phi) is 9.43. The van der Waals surface area contributed by atoms with Gasteiger partial charge in [-0.05, 0) is 24.8 Å². The standard InChI is InChI=1S/C23H30O7/c1-5-7-8-17(6-2)14-30-21(27)19(24)13-23(22(28)29,16(4)20(25)26)18-11-9-15(3)10-12-18/h9-12,17H,4-8,13-14H2,1-3H3,(H,25,26)(H,28,29). The third-order valence-electron chi connectivity index (χ3n) is 5.33. The van der Waals surface area contributed by atoms with Crippen LogP contribution in [0.1, 0.15) is 57.1 Å². The number of carboxylic acids is 2. The molecule has 0 fully saturated rings. The maximum absolute atomic E-state index is 12.6. The molecule has 2 atom stereocenters. The van der Waals surface area contributed by atoms with Crippen LogP contribution < -0.4 is 0 Å². The Bertz CT molecular complexity index is 794. The normalized spacial score (nSPS) is 13.7.